The molecule has 19 heavy (non-hydrogen) atoms. The van der Waals surface area contributed by atoms with Gasteiger partial charge in [0.05, 0.1) is 11.7 Å². The molecule has 1 heterocycles. The summed E-state index contributed by atoms with van der Waals surface area (Å²) in [5.74, 6) is 0. The lowest BCUT2D eigenvalue weighted by atomic mass is 9.72. The first-order valence-corrected chi connectivity index (χ1v) is 7.06. The standard InChI is InChI=1S/C15H22BNO2/c1-14(2)15(3,4)19-16(17-14)11-6-7-12-10(9-11)5-8-13(12)18/h6-7,9,13,17-18H,5,8H2,1-4H3/t13-/m0/s1. The number of nitrogens with one attached hydrogen (secondary N) is 1. The second-order valence-corrected chi connectivity index (χ2v) is 6.79. The van der Waals surface area contributed by atoms with E-state index in [1.54, 1.807) is 0 Å². The molecule has 0 amide bonds. The van der Waals surface area contributed by atoms with Gasteiger partial charge >= 0.3 is 7.05 Å². The predicted molar refractivity (Wildman–Crippen MR) is 77.5 cm³/mol. The van der Waals surface area contributed by atoms with E-state index in [4.69, 9.17) is 4.65 Å². The summed E-state index contributed by atoms with van der Waals surface area (Å²) < 4.78 is 6.16. The third kappa shape index (κ3) is 2.02. The highest BCUT2D eigenvalue weighted by molar-refractivity contribution is 6.66. The Balaban J connectivity index is 1.89. The van der Waals surface area contributed by atoms with E-state index in [1.165, 1.54) is 5.56 Å². The molecule has 0 bridgehead atoms. The van der Waals surface area contributed by atoms with E-state index in [2.05, 4.69) is 45.1 Å². The number of aliphatic hydroxyl groups is 1. The van der Waals surface area contributed by atoms with Crippen LogP contribution in [0, 0.1) is 0 Å². The molecular formula is C15H22BNO2. The van der Waals surface area contributed by atoms with Crippen molar-refractivity contribution in [1.29, 1.82) is 0 Å². The van der Waals surface area contributed by atoms with E-state index in [-0.39, 0.29) is 24.3 Å². The Hall–Kier alpha value is -0.835. The van der Waals surface area contributed by atoms with Crippen molar-refractivity contribution in [1.82, 2.24) is 5.23 Å². The van der Waals surface area contributed by atoms with Gasteiger partial charge < -0.3 is 15.0 Å². The van der Waals surface area contributed by atoms with Crippen molar-refractivity contribution in [2.75, 3.05) is 0 Å². The smallest absolute Gasteiger partial charge is 0.411 e. The summed E-state index contributed by atoms with van der Waals surface area (Å²) in [5, 5.41) is 13.4. The Morgan fingerprint density at radius 1 is 1.32 bits per heavy atom. The number of aliphatic hydroxyl groups excluding tert-OH is 1. The third-order valence-electron chi connectivity index (χ3n) is 4.93. The molecule has 2 aliphatic rings. The van der Waals surface area contributed by atoms with Crippen molar-refractivity contribution in [3.8, 4) is 0 Å². The van der Waals surface area contributed by atoms with Crippen LogP contribution in [0.1, 0.15) is 51.3 Å². The third-order valence-corrected chi connectivity index (χ3v) is 4.93. The minimum Gasteiger partial charge on any atom is -0.411 e. The van der Waals surface area contributed by atoms with Crippen LogP contribution in [0.15, 0.2) is 18.2 Å². The molecule has 2 N–H and O–H groups in total. The molecular weight excluding hydrogens is 237 g/mol. The average Bonchev–Trinajstić information content (AvgIpc) is 2.78. The molecule has 4 heteroatoms. The van der Waals surface area contributed by atoms with Crippen LogP contribution >= 0.6 is 0 Å². The molecule has 1 aromatic rings. The Morgan fingerprint density at radius 2 is 2.05 bits per heavy atom. The van der Waals surface area contributed by atoms with Crippen molar-refractivity contribution in [2.45, 2.75) is 57.8 Å². The molecule has 1 aliphatic carbocycles. The van der Waals surface area contributed by atoms with Gasteiger partial charge in [-0.05, 0) is 57.1 Å². The lowest BCUT2D eigenvalue weighted by molar-refractivity contribution is 0.0750. The minimum absolute atomic E-state index is 0.0593. The maximum atomic E-state index is 9.86. The van der Waals surface area contributed by atoms with Crippen LogP contribution in [0.4, 0.5) is 0 Å². The summed E-state index contributed by atoms with van der Waals surface area (Å²) in [6.07, 6.45) is 1.52. The highest BCUT2D eigenvalue weighted by atomic mass is 16.5. The Labute approximate surface area is 115 Å². The van der Waals surface area contributed by atoms with Crippen LogP contribution in [-0.2, 0) is 11.1 Å². The van der Waals surface area contributed by atoms with E-state index in [1.807, 2.05) is 6.07 Å². The van der Waals surface area contributed by atoms with Gasteiger partial charge in [0.15, 0.2) is 0 Å². The van der Waals surface area contributed by atoms with Gasteiger partial charge in [-0.15, -0.1) is 0 Å². The summed E-state index contributed by atoms with van der Waals surface area (Å²) in [6.45, 7) is 8.59. The molecule has 3 nitrogen and oxygen atoms in total. The Morgan fingerprint density at radius 3 is 2.68 bits per heavy atom. The van der Waals surface area contributed by atoms with Crippen LogP contribution < -0.4 is 10.7 Å². The lowest BCUT2D eigenvalue weighted by Crippen LogP contribution is -2.51. The van der Waals surface area contributed by atoms with Crippen molar-refractivity contribution >= 4 is 12.5 Å². The normalized spacial score (nSPS) is 27.6. The monoisotopic (exact) mass is 259 g/mol. The molecule has 0 radical (unpaired) electrons. The van der Waals surface area contributed by atoms with Gasteiger partial charge in [-0.2, -0.15) is 0 Å². The lowest BCUT2D eigenvalue weighted by Gasteiger charge is -2.33. The average molecular weight is 259 g/mol. The zero-order valence-corrected chi connectivity index (χ0v) is 12.2. The van der Waals surface area contributed by atoms with Crippen molar-refractivity contribution in [2.24, 2.45) is 0 Å². The number of hydrogen-bond acceptors (Lipinski definition) is 3. The molecule has 102 valence electrons. The van der Waals surface area contributed by atoms with Gasteiger partial charge in [0.25, 0.3) is 0 Å². The molecule has 0 saturated carbocycles. The van der Waals surface area contributed by atoms with Crippen LogP contribution in [0.25, 0.3) is 0 Å². The highest BCUT2D eigenvalue weighted by Crippen LogP contribution is 2.33. The predicted octanol–water partition coefficient (Wildman–Crippen LogP) is 1.54. The number of fused-ring (bicyclic) bond motifs is 1. The van der Waals surface area contributed by atoms with E-state index < -0.39 is 0 Å². The van der Waals surface area contributed by atoms with Gasteiger partial charge in [-0.3, -0.25) is 0 Å². The number of benzene rings is 1. The van der Waals surface area contributed by atoms with E-state index in [9.17, 15) is 5.11 Å². The zero-order valence-electron chi connectivity index (χ0n) is 12.2. The minimum atomic E-state index is -0.283. The fourth-order valence-electron chi connectivity index (χ4n) is 2.90. The second kappa shape index (κ2) is 4.08. The number of rotatable bonds is 1. The van der Waals surface area contributed by atoms with Crippen LogP contribution in [-0.4, -0.2) is 23.3 Å². The maximum absolute atomic E-state index is 9.86. The van der Waals surface area contributed by atoms with Gasteiger partial charge in [0.2, 0.25) is 0 Å². The molecule has 0 spiro atoms. The van der Waals surface area contributed by atoms with Gasteiger partial charge in [0.1, 0.15) is 0 Å². The first kappa shape index (κ1) is 13.2. The van der Waals surface area contributed by atoms with Gasteiger partial charge in [-0.25, -0.2) is 0 Å². The van der Waals surface area contributed by atoms with Crippen LogP contribution in [0.5, 0.6) is 0 Å². The first-order valence-electron chi connectivity index (χ1n) is 7.06. The van der Waals surface area contributed by atoms with E-state index >= 15 is 0 Å². The molecule has 1 fully saturated rings. The molecule has 1 saturated heterocycles. The van der Waals surface area contributed by atoms with Crippen molar-refractivity contribution in [3.05, 3.63) is 29.3 Å². The first-order chi connectivity index (χ1) is 8.80. The number of aryl methyl sites for hydroxylation is 1. The molecule has 0 aromatic heterocycles. The molecule has 1 aromatic carbocycles. The zero-order chi connectivity index (χ0) is 13.8. The largest absolute Gasteiger partial charge is 0.416 e. The summed E-state index contributed by atoms with van der Waals surface area (Å²) in [4.78, 5) is 0. The van der Waals surface area contributed by atoms with Crippen LogP contribution in [0.2, 0.25) is 0 Å². The fourth-order valence-corrected chi connectivity index (χ4v) is 2.90. The van der Waals surface area contributed by atoms with Gasteiger partial charge in [0, 0.05) is 5.54 Å². The van der Waals surface area contributed by atoms with Crippen molar-refractivity contribution < 1.29 is 9.76 Å². The molecule has 1 atom stereocenters. The van der Waals surface area contributed by atoms with Crippen LogP contribution in [0.3, 0.4) is 0 Å². The summed E-state index contributed by atoms with van der Waals surface area (Å²) >= 11 is 0. The quantitative estimate of drug-likeness (QED) is 0.752. The Bertz CT molecular complexity index is 497. The topological polar surface area (TPSA) is 41.5 Å². The summed E-state index contributed by atoms with van der Waals surface area (Å²) in [7, 11) is -0.0620. The Kier molecular flexibility index (Phi) is 2.82. The molecule has 1 aliphatic heterocycles. The summed E-state index contributed by atoms with van der Waals surface area (Å²) in [5.41, 5.74) is 3.25. The molecule has 3 rings (SSSR count). The highest BCUT2D eigenvalue weighted by Gasteiger charge is 2.49. The van der Waals surface area contributed by atoms with Crippen molar-refractivity contribution in [3.63, 3.8) is 0 Å². The maximum Gasteiger partial charge on any atom is 0.416 e. The fraction of sp³-hybridized carbons (Fsp3) is 0.600. The second-order valence-electron chi connectivity index (χ2n) is 6.79. The molecule has 0 unspecified atom stereocenters. The number of hydrogen-bond donors (Lipinski definition) is 2. The van der Waals surface area contributed by atoms with E-state index in [0.717, 1.165) is 23.9 Å². The van der Waals surface area contributed by atoms with E-state index in [0.29, 0.717) is 0 Å². The summed E-state index contributed by atoms with van der Waals surface area (Å²) in [6, 6.07) is 6.30. The van der Waals surface area contributed by atoms with Gasteiger partial charge in [-0.1, -0.05) is 18.2 Å². The SMILES string of the molecule is CC1(C)NB(c2ccc3c(c2)CC[C@@H]3O)OC1(C)C.